The zero-order valence-electron chi connectivity index (χ0n) is 12.7. The number of amides is 1. The number of anilines is 1. The van der Waals surface area contributed by atoms with E-state index in [-0.39, 0.29) is 10.8 Å². The number of benzene rings is 2. The highest BCUT2D eigenvalue weighted by atomic mass is 32.2. The van der Waals surface area contributed by atoms with Gasteiger partial charge in [-0.3, -0.25) is 4.79 Å². The van der Waals surface area contributed by atoms with E-state index in [4.69, 9.17) is 4.18 Å². The average molecular weight is 331 g/mol. The molecule has 1 saturated heterocycles. The second kappa shape index (κ2) is 6.04. The van der Waals surface area contributed by atoms with Gasteiger partial charge in [0.2, 0.25) is 5.91 Å². The van der Waals surface area contributed by atoms with Gasteiger partial charge in [-0.05, 0) is 49.2 Å². The fourth-order valence-electron chi connectivity index (χ4n) is 2.53. The van der Waals surface area contributed by atoms with Crippen LogP contribution in [-0.2, 0) is 14.9 Å². The molecule has 2 aromatic carbocycles. The van der Waals surface area contributed by atoms with Crippen LogP contribution in [0, 0.1) is 6.92 Å². The van der Waals surface area contributed by atoms with E-state index in [2.05, 4.69) is 0 Å². The molecule has 0 unspecified atom stereocenters. The summed E-state index contributed by atoms with van der Waals surface area (Å²) in [5.74, 6) is 0.378. The van der Waals surface area contributed by atoms with Gasteiger partial charge in [0, 0.05) is 18.7 Å². The second-order valence-electron chi connectivity index (χ2n) is 5.45. The molecule has 23 heavy (non-hydrogen) atoms. The average Bonchev–Trinajstić information content (AvgIpc) is 2.96. The maximum absolute atomic E-state index is 12.3. The van der Waals surface area contributed by atoms with E-state index >= 15 is 0 Å². The second-order valence-corrected chi connectivity index (χ2v) is 6.99. The number of rotatable bonds is 4. The summed E-state index contributed by atoms with van der Waals surface area (Å²) in [4.78, 5) is 13.4. The molecular formula is C17H17NO4S. The van der Waals surface area contributed by atoms with Gasteiger partial charge in [0.25, 0.3) is 0 Å². The van der Waals surface area contributed by atoms with Gasteiger partial charge < -0.3 is 9.08 Å². The summed E-state index contributed by atoms with van der Waals surface area (Å²) < 4.78 is 29.9. The molecule has 5 nitrogen and oxygen atoms in total. The highest BCUT2D eigenvalue weighted by molar-refractivity contribution is 7.87. The van der Waals surface area contributed by atoms with Gasteiger partial charge in [-0.2, -0.15) is 8.42 Å². The van der Waals surface area contributed by atoms with Crippen molar-refractivity contribution in [1.82, 2.24) is 0 Å². The molecule has 1 aliphatic rings. The molecule has 0 aliphatic carbocycles. The smallest absolute Gasteiger partial charge is 0.339 e. The van der Waals surface area contributed by atoms with Gasteiger partial charge in [-0.1, -0.05) is 18.2 Å². The minimum absolute atomic E-state index is 0.0659. The quantitative estimate of drug-likeness (QED) is 0.808. The number of carbonyl (C=O) groups excluding carboxylic acids is 1. The highest BCUT2D eigenvalue weighted by Gasteiger charge is 2.23. The lowest BCUT2D eigenvalue weighted by atomic mass is 10.2. The minimum atomic E-state index is -3.89. The number of hydrogen-bond acceptors (Lipinski definition) is 4. The molecule has 2 aromatic rings. The molecule has 0 bridgehead atoms. The molecule has 1 aliphatic heterocycles. The van der Waals surface area contributed by atoms with E-state index in [9.17, 15) is 13.2 Å². The lowest BCUT2D eigenvalue weighted by Gasteiger charge is -2.16. The van der Waals surface area contributed by atoms with Crippen molar-refractivity contribution in [2.75, 3.05) is 11.4 Å². The first-order valence-electron chi connectivity index (χ1n) is 7.38. The van der Waals surface area contributed by atoms with E-state index in [0.717, 1.165) is 12.0 Å². The van der Waals surface area contributed by atoms with E-state index in [0.29, 0.717) is 24.4 Å². The fraction of sp³-hybridized carbons (Fsp3) is 0.235. The first kappa shape index (κ1) is 15.6. The summed E-state index contributed by atoms with van der Waals surface area (Å²) in [5.41, 5.74) is 1.46. The SMILES string of the molecule is Cc1ccccc1OS(=O)(=O)c1ccc(N2CCCC2=O)cc1. The summed E-state index contributed by atoms with van der Waals surface area (Å²) in [7, 11) is -3.89. The van der Waals surface area contributed by atoms with Crippen LogP contribution >= 0.6 is 0 Å². The molecule has 3 rings (SSSR count). The maximum atomic E-state index is 12.3. The van der Waals surface area contributed by atoms with Crippen molar-refractivity contribution < 1.29 is 17.4 Å². The Morgan fingerprint density at radius 1 is 1.04 bits per heavy atom. The van der Waals surface area contributed by atoms with Crippen LogP contribution in [-0.4, -0.2) is 20.9 Å². The van der Waals surface area contributed by atoms with Crippen molar-refractivity contribution in [3.05, 3.63) is 54.1 Å². The van der Waals surface area contributed by atoms with Crippen LogP contribution in [0.4, 0.5) is 5.69 Å². The Bertz CT molecular complexity index is 828. The maximum Gasteiger partial charge on any atom is 0.339 e. The molecule has 6 heteroatoms. The van der Waals surface area contributed by atoms with Gasteiger partial charge in [0.05, 0.1) is 0 Å². The predicted molar refractivity (Wildman–Crippen MR) is 87.0 cm³/mol. The van der Waals surface area contributed by atoms with Gasteiger partial charge in [0.1, 0.15) is 10.6 Å². The lowest BCUT2D eigenvalue weighted by Crippen LogP contribution is -2.23. The van der Waals surface area contributed by atoms with Crippen molar-refractivity contribution in [3.63, 3.8) is 0 Å². The molecule has 1 heterocycles. The normalized spacial score (nSPS) is 15.0. The van der Waals surface area contributed by atoms with E-state index in [1.165, 1.54) is 12.1 Å². The van der Waals surface area contributed by atoms with Crippen molar-refractivity contribution in [2.24, 2.45) is 0 Å². The molecule has 0 atom stereocenters. The number of carbonyl (C=O) groups is 1. The summed E-state index contributed by atoms with van der Waals surface area (Å²) in [5, 5.41) is 0. The van der Waals surface area contributed by atoms with Crippen LogP contribution in [0.5, 0.6) is 5.75 Å². The molecular weight excluding hydrogens is 314 g/mol. The third kappa shape index (κ3) is 3.22. The molecule has 0 aromatic heterocycles. The van der Waals surface area contributed by atoms with Crippen LogP contribution in [0.15, 0.2) is 53.4 Å². The molecule has 0 N–H and O–H groups in total. The number of hydrogen-bond donors (Lipinski definition) is 0. The Hall–Kier alpha value is -2.34. The summed E-state index contributed by atoms with van der Waals surface area (Å²) in [6, 6.07) is 13.1. The molecule has 120 valence electrons. The van der Waals surface area contributed by atoms with Crippen LogP contribution in [0.2, 0.25) is 0 Å². The van der Waals surface area contributed by atoms with Crippen molar-refractivity contribution in [3.8, 4) is 5.75 Å². The van der Waals surface area contributed by atoms with Crippen LogP contribution in [0.1, 0.15) is 18.4 Å². The van der Waals surface area contributed by atoms with E-state index in [1.54, 1.807) is 42.2 Å². The highest BCUT2D eigenvalue weighted by Crippen LogP contribution is 2.25. The number of para-hydroxylation sites is 1. The Morgan fingerprint density at radius 2 is 1.74 bits per heavy atom. The van der Waals surface area contributed by atoms with Gasteiger partial charge in [-0.15, -0.1) is 0 Å². The zero-order chi connectivity index (χ0) is 16.4. The molecule has 1 fully saturated rings. The third-order valence-electron chi connectivity index (χ3n) is 3.80. The van der Waals surface area contributed by atoms with Gasteiger partial charge in [-0.25, -0.2) is 0 Å². The fourth-order valence-corrected chi connectivity index (χ4v) is 3.52. The Kier molecular flexibility index (Phi) is 4.09. The van der Waals surface area contributed by atoms with Crippen LogP contribution in [0.3, 0.4) is 0 Å². The van der Waals surface area contributed by atoms with Gasteiger partial charge in [0.15, 0.2) is 0 Å². The predicted octanol–water partition coefficient (Wildman–Crippen LogP) is 2.89. The monoisotopic (exact) mass is 331 g/mol. The largest absolute Gasteiger partial charge is 0.379 e. The Labute approximate surface area is 135 Å². The summed E-state index contributed by atoms with van der Waals surface area (Å²) in [6.07, 6.45) is 1.37. The number of nitrogens with zero attached hydrogens (tertiary/aromatic N) is 1. The minimum Gasteiger partial charge on any atom is -0.379 e. The zero-order valence-corrected chi connectivity index (χ0v) is 13.5. The van der Waals surface area contributed by atoms with E-state index < -0.39 is 10.1 Å². The third-order valence-corrected chi connectivity index (χ3v) is 5.05. The van der Waals surface area contributed by atoms with E-state index in [1.807, 2.05) is 6.07 Å². The standard InChI is InChI=1S/C17H17NO4S/c1-13-5-2-3-6-16(13)22-23(20,21)15-10-8-14(9-11-15)18-12-4-7-17(18)19/h2-3,5-6,8-11H,4,7,12H2,1H3. The van der Waals surface area contributed by atoms with Gasteiger partial charge >= 0.3 is 10.1 Å². The topological polar surface area (TPSA) is 63.7 Å². The first-order chi connectivity index (χ1) is 11.0. The van der Waals surface area contributed by atoms with Crippen LogP contribution in [0.25, 0.3) is 0 Å². The molecule has 0 saturated carbocycles. The van der Waals surface area contributed by atoms with Crippen molar-refractivity contribution in [2.45, 2.75) is 24.7 Å². The Balaban J connectivity index is 1.83. The summed E-state index contributed by atoms with van der Waals surface area (Å²) in [6.45, 7) is 2.46. The lowest BCUT2D eigenvalue weighted by molar-refractivity contribution is -0.117. The summed E-state index contributed by atoms with van der Waals surface area (Å²) >= 11 is 0. The molecule has 0 spiro atoms. The first-order valence-corrected chi connectivity index (χ1v) is 8.79. The molecule has 1 amide bonds. The van der Waals surface area contributed by atoms with Crippen molar-refractivity contribution in [1.29, 1.82) is 0 Å². The Morgan fingerprint density at radius 3 is 2.35 bits per heavy atom. The number of aryl methyl sites for hydroxylation is 1. The van der Waals surface area contributed by atoms with Crippen LogP contribution < -0.4 is 9.08 Å². The molecule has 0 radical (unpaired) electrons. The van der Waals surface area contributed by atoms with Crippen molar-refractivity contribution >= 4 is 21.7 Å².